The Morgan fingerprint density at radius 1 is 1.03 bits per heavy atom. The van der Waals surface area contributed by atoms with Crippen LogP contribution in [0.1, 0.15) is 60.0 Å². The van der Waals surface area contributed by atoms with Crippen molar-refractivity contribution in [3.8, 4) is 11.3 Å². The number of piperidine rings is 2. The van der Waals surface area contributed by atoms with E-state index in [1.54, 1.807) is 4.90 Å². The van der Waals surface area contributed by atoms with Crippen molar-refractivity contribution in [3.05, 3.63) is 53.2 Å². The van der Waals surface area contributed by atoms with Crippen molar-refractivity contribution in [3.63, 3.8) is 0 Å². The van der Waals surface area contributed by atoms with Crippen LogP contribution in [0.25, 0.3) is 11.3 Å². The largest absolute Gasteiger partial charge is 0.322 e. The Balaban J connectivity index is 1.18. The van der Waals surface area contributed by atoms with E-state index in [9.17, 15) is 14.4 Å². The number of carbonyl (C=O) groups is 3. The molecule has 1 atom stereocenters. The lowest BCUT2D eigenvalue weighted by Crippen LogP contribution is -2.52. The van der Waals surface area contributed by atoms with E-state index in [1.807, 2.05) is 24.4 Å². The number of amides is 3. The molecule has 33 heavy (non-hydrogen) atoms. The lowest BCUT2D eigenvalue weighted by atomic mass is 9.93. The summed E-state index contributed by atoms with van der Waals surface area (Å²) in [5.41, 5.74) is 5.35. The lowest BCUT2D eigenvalue weighted by Gasteiger charge is -2.32. The van der Waals surface area contributed by atoms with Crippen LogP contribution >= 0.6 is 0 Å². The van der Waals surface area contributed by atoms with Crippen molar-refractivity contribution in [2.24, 2.45) is 5.41 Å². The van der Waals surface area contributed by atoms with Gasteiger partial charge in [-0.15, -0.1) is 0 Å². The third kappa shape index (κ3) is 3.84. The van der Waals surface area contributed by atoms with Gasteiger partial charge in [-0.25, -0.2) is 0 Å². The van der Waals surface area contributed by atoms with Gasteiger partial charge in [0, 0.05) is 36.8 Å². The highest BCUT2D eigenvalue weighted by molar-refractivity contribution is 6.05. The van der Waals surface area contributed by atoms with Gasteiger partial charge in [-0.3, -0.25) is 29.6 Å². The summed E-state index contributed by atoms with van der Waals surface area (Å²) < 4.78 is 0. The minimum atomic E-state index is -0.591. The number of nitrogens with one attached hydrogen (secondary N) is 1. The number of likely N-dealkylation sites (tertiary alicyclic amines) is 1. The van der Waals surface area contributed by atoms with Crippen LogP contribution in [-0.2, 0) is 22.7 Å². The molecule has 0 radical (unpaired) electrons. The molecule has 4 heterocycles. The van der Waals surface area contributed by atoms with Crippen molar-refractivity contribution in [2.45, 2.75) is 57.7 Å². The molecule has 6 rings (SSSR count). The van der Waals surface area contributed by atoms with Crippen LogP contribution in [0.4, 0.5) is 0 Å². The number of carbonyl (C=O) groups excluding carboxylic acids is 3. The molecule has 2 saturated heterocycles. The third-order valence-electron chi connectivity index (χ3n) is 7.92. The average Bonchev–Trinajstić information content (AvgIpc) is 3.50. The van der Waals surface area contributed by atoms with Gasteiger partial charge in [0.1, 0.15) is 6.04 Å². The molecule has 3 aliphatic heterocycles. The number of fused-ring (bicyclic) bond motifs is 1. The molecular formula is C26H28N4O3. The van der Waals surface area contributed by atoms with Gasteiger partial charge < -0.3 is 4.90 Å². The first-order valence-electron chi connectivity index (χ1n) is 12.0. The number of pyridine rings is 1. The number of rotatable bonds is 4. The van der Waals surface area contributed by atoms with Gasteiger partial charge in [-0.1, -0.05) is 6.07 Å². The molecule has 1 spiro atoms. The quantitative estimate of drug-likeness (QED) is 0.734. The summed E-state index contributed by atoms with van der Waals surface area (Å²) >= 11 is 0. The van der Waals surface area contributed by atoms with E-state index in [1.165, 1.54) is 44.3 Å². The maximum atomic E-state index is 12.9. The van der Waals surface area contributed by atoms with Gasteiger partial charge in [0.15, 0.2) is 0 Å². The van der Waals surface area contributed by atoms with Crippen molar-refractivity contribution < 1.29 is 14.4 Å². The van der Waals surface area contributed by atoms with Gasteiger partial charge in [0.2, 0.25) is 11.8 Å². The Morgan fingerprint density at radius 3 is 2.61 bits per heavy atom. The van der Waals surface area contributed by atoms with Gasteiger partial charge >= 0.3 is 0 Å². The van der Waals surface area contributed by atoms with Gasteiger partial charge in [0.25, 0.3) is 5.91 Å². The molecule has 3 fully saturated rings. The predicted octanol–water partition coefficient (Wildman–Crippen LogP) is 2.89. The minimum absolute atomic E-state index is 0.147. The fourth-order valence-corrected chi connectivity index (χ4v) is 5.58. The maximum Gasteiger partial charge on any atom is 0.255 e. The van der Waals surface area contributed by atoms with E-state index in [0.29, 0.717) is 23.9 Å². The zero-order chi connectivity index (χ0) is 22.6. The highest BCUT2D eigenvalue weighted by atomic mass is 16.2. The highest BCUT2D eigenvalue weighted by Gasteiger charge is 2.44. The van der Waals surface area contributed by atoms with Gasteiger partial charge in [-0.05, 0) is 86.0 Å². The van der Waals surface area contributed by atoms with Gasteiger partial charge in [-0.2, -0.15) is 0 Å². The summed E-state index contributed by atoms with van der Waals surface area (Å²) in [4.78, 5) is 45.4. The molecule has 1 aliphatic carbocycles. The highest BCUT2D eigenvalue weighted by Crippen LogP contribution is 2.53. The minimum Gasteiger partial charge on any atom is -0.322 e. The molecule has 7 heteroatoms. The number of imide groups is 1. The second-order valence-corrected chi connectivity index (χ2v) is 10.1. The second kappa shape index (κ2) is 7.76. The Morgan fingerprint density at radius 2 is 1.85 bits per heavy atom. The SMILES string of the molecule is O=C1CCC(N2Cc3cc(-c4cc(CN5CCC6(CC5)CC6)ccn4)ccc3C2=O)C(=O)N1. The number of benzene rings is 1. The van der Waals surface area contributed by atoms with Gasteiger partial charge in [0.05, 0.1) is 5.69 Å². The Kier molecular flexibility index (Phi) is 4.83. The first-order valence-corrected chi connectivity index (χ1v) is 12.0. The molecule has 1 saturated carbocycles. The second-order valence-electron chi connectivity index (χ2n) is 10.1. The van der Waals surface area contributed by atoms with Crippen molar-refractivity contribution in [1.82, 2.24) is 20.1 Å². The number of hydrogen-bond donors (Lipinski definition) is 1. The number of aromatic nitrogens is 1. The Labute approximate surface area is 193 Å². The fraction of sp³-hybridized carbons (Fsp3) is 0.462. The molecule has 1 aromatic heterocycles. The Hall–Kier alpha value is -3.06. The maximum absolute atomic E-state index is 12.9. The first kappa shape index (κ1) is 20.5. The van der Waals surface area contributed by atoms with Crippen molar-refractivity contribution in [1.29, 1.82) is 0 Å². The zero-order valence-electron chi connectivity index (χ0n) is 18.7. The molecule has 0 bridgehead atoms. The number of hydrogen-bond acceptors (Lipinski definition) is 5. The zero-order valence-corrected chi connectivity index (χ0v) is 18.7. The molecule has 4 aliphatic rings. The molecule has 7 nitrogen and oxygen atoms in total. The van der Waals surface area contributed by atoms with Crippen molar-refractivity contribution in [2.75, 3.05) is 13.1 Å². The number of nitrogens with zero attached hydrogens (tertiary/aromatic N) is 3. The standard InChI is InChI=1S/C26H28N4O3/c31-23-4-3-22(24(32)28-23)30-16-19-14-18(1-2-20(19)25(30)33)21-13-17(5-10-27-21)15-29-11-8-26(6-7-26)9-12-29/h1-2,5,10,13-14,22H,3-4,6-9,11-12,15-16H2,(H,28,31,32). The van der Waals surface area contributed by atoms with E-state index in [-0.39, 0.29) is 24.1 Å². The summed E-state index contributed by atoms with van der Waals surface area (Å²) in [6.45, 7) is 3.67. The van der Waals surface area contributed by atoms with Crippen molar-refractivity contribution >= 4 is 17.7 Å². The molecule has 170 valence electrons. The molecule has 1 N–H and O–H groups in total. The summed E-state index contributed by atoms with van der Waals surface area (Å²) in [5.74, 6) is -0.802. The first-order chi connectivity index (χ1) is 16.0. The van der Waals surface area contributed by atoms with Crippen LogP contribution in [0, 0.1) is 5.41 Å². The van der Waals surface area contributed by atoms with Crippen LogP contribution in [0.3, 0.4) is 0 Å². The summed E-state index contributed by atoms with van der Waals surface area (Å²) in [6.07, 6.45) is 7.99. The average molecular weight is 445 g/mol. The molecule has 1 aromatic carbocycles. The molecule has 2 aromatic rings. The summed E-state index contributed by atoms with van der Waals surface area (Å²) in [7, 11) is 0. The summed E-state index contributed by atoms with van der Waals surface area (Å²) in [5, 5.41) is 2.35. The predicted molar refractivity (Wildman–Crippen MR) is 122 cm³/mol. The van der Waals surface area contributed by atoms with E-state index in [2.05, 4.69) is 27.3 Å². The summed E-state index contributed by atoms with van der Waals surface area (Å²) in [6, 6.07) is 9.45. The van der Waals surface area contributed by atoms with E-state index in [4.69, 9.17) is 0 Å². The van der Waals surface area contributed by atoms with Crippen LogP contribution in [-0.4, -0.2) is 51.6 Å². The molecule has 3 amide bonds. The Bertz CT molecular complexity index is 1150. The smallest absolute Gasteiger partial charge is 0.255 e. The lowest BCUT2D eigenvalue weighted by molar-refractivity contribution is -0.136. The molecular weight excluding hydrogens is 416 g/mol. The van der Waals surface area contributed by atoms with Crippen LogP contribution in [0.15, 0.2) is 36.5 Å². The molecule has 1 unspecified atom stereocenters. The van der Waals surface area contributed by atoms with E-state index >= 15 is 0 Å². The van der Waals surface area contributed by atoms with Crippen LogP contribution in [0.5, 0.6) is 0 Å². The topological polar surface area (TPSA) is 82.6 Å². The fourth-order valence-electron chi connectivity index (χ4n) is 5.58. The monoisotopic (exact) mass is 444 g/mol. The van der Waals surface area contributed by atoms with Crippen LogP contribution < -0.4 is 5.32 Å². The third-order valence-corrected chi connectivity index (χ3v) is 7.92. The van der Waals surface area contributed by atoms with E-state index < -0.39 is 6.04 Å². The van der Waals surface area contributed by atoms with Crippen LogP contribution in [0.2, 0.25) is 0 Å². The normalized spacial score (nSPS) is 24.2. The van der Waals surface area contributed by atoms with E-state index in [0.717, 1.165) is 23.4 Å².